The maximum Gasteiger partial charge on any atom is 0.269 e. The molecular formula is C19H23N3O2. The maximum absolute atomic E-state index is 10.7. The van der Waals surface area contributed by atoms with Gasteiger partial charge in [0.2, 0.25) is 0 Å². The van der Waals surface area contributed by atoms with Crippen molar-refractivity contribution in [2.75, 3.05) is 25.0 Å². The van der Waals surface area contributed by atoms with Crippen LogP contribution < -0.4 is 5.32 Å². The Bertz CT molecular complexity index is 650. The van der Waals surface area contributed by atoms with Crippen LogP contribution in [0.5, 0.6) is 0 Å². The summed E-state index contributed by atoms with van der Waals surface area (Å²) >= 11 is 0. The lowest BCUT2D eigenvalue weighted by atomic mass is 10.0. The summed E-state index contributed by atoms with van der Waals surface area (Å²) in [4.78, 5) is 12.8. The normalized spacial score (nSPS) is 16.0. The first-order chi connectivity index (χ1) is 11.7. The molecule has 1 N–H and O–H groups in total. The molecule has 0 spiro atoms. The van der Waals surface area contributed by atoms with E-state index in [4.69, 9.17) is 0 Å². The molecule has 2 aromatic rings. The van der Waals surface area contributed by atoms with Gasteiger partial charge in [-0.05, 0) is 37.0 Å². The first-order valence-electron chi connectivity index (χ1n) is 8.48. The number of anilines is 1. The van der Waals surface area contributed by atoms with Gasteiger partial charge < -0.3 is 10.2 Å². The molecule has 0 saturated carbocycles. The number of nitro groups is 1. The van der Waals surface area contributed by atoms with Crippen LogP contribution in [0, 0.1) is 10.1 Å². The Labute approximate surface area is 142 Å². The van der Waals surface area contributed by atoms with Crippen molar-refractivity contribution in [2.45, 2.75) is 25.3 Å². The summed E-state index contributed by atoms with van der Waals surface area (Å²) in [6, 6.07) is 17.7. The van der Waals surface area contributed by atoms with Gasteiger partial charge in [-0.1, -0.05) is 30.3 Å². The lowest BCUT2D eigenvalue weighted by molar-refractivity contribution is -0.384. The molecule has 2 aromatic carbocycles. The summed E-state index contributed by atoms with van der Waals surface area (Å²) in [6.07, 6.45) is 3.30. The summed E-state index contributed by atoms with van der Waals surface area (Å²) in [7, 11) is 0. The molecule has 1 aliphatic rings. The van der Waals surface area contributed by atoms with Crippen molar-refractivity contribution in [3.8, 4) is 0 Å². The van der Waals surface area contributed by atoms with Gasteiger partial charge in [0.05, 0.1) is 4.92 Å². The Morgan fingerprint density at radius 3 is 2.33 bits per heavy atom. The van der Waals surface area contributed by atoms with E-state index in [1.807, 2.05) is 0 Å². The number of non-ortho nitro benzene ring substituents is 1. The lowest BCUT2D eigenvalue weighted by Crippen LogP contribution is -2.40. The third-order valence-corrected chi connectivity index (χ3v) is 4.60. The van der Waals surface area contributed by atoms with E-state index in [1.165, 1.54) is 5.56 Å². The molecule has 0 amide bonds. The minimum absolute atomic E-state index is 0.135. The number of rotatable bonds is 6. The topological polar surface area (TPSA) is 58.4 Å². The highest BCUT2D eigenvalue weighted by molar-refractivity contribution is 5.49. The first-order valence-corrected chi connectivity index (χ1v) is 8.48. The van der Waals surface area contributed by atoms with Crippen LogP contribution in [0.4, 0.5) is 11.4 Å². The van der Waals surface area contributed by atoms with Gasteiger partial charge in [0.15, 0.2) is 0 Å². The van der Waals surface area contributed by atoms with Crippen molar-refractivity contribution < 1.29 is 4.92 Å². The van der Waals surface area contributed by atoms with Gasteiger partial charge in [-0.25, -0.2) is 0 Å². The van der Waals surface area contributed by atoms with E-state index in [0.717, 1.165) is 44.6 Å². The molecule has 1 saturated heterocycles. The minimum atomic E-state index is -0.366. The number of likely N-dealkylation sites (tertiary alicyclic amines) is 1. The Morgan fingerprint density at radius 1 is 1.04 bits per heavy atom. The highest BCUT2D eigenvalue weighted by atomic mass is 16.6. The van der Waals surface area contributed by atoms with E-state index < -0.39 is 0 Å². The van der Waals surface area contributed by atoms with Crippen molar-refractivity contribution >= 4 is 11.4 Å². The van der Waals surface area contributed by atoms with Crippen LogP contribution in [-0.2, 0) is 6.42 Å². The highest BCUT2D eigenvalue weighted by Gasteiger charge is 2.19. The number of nitrogens with zero attached hydrogens (tertiary/aromatic N) is 2. The average Bonchev–Trinajstić information content (AvgIpc) is 2.62. The predicted molar refractivity (Wildman–Crippen MR) is 96.3 cm³/mol. The van der Waals surface area contributed by atoms with Gasteiger partial charge in [0.25, 0.3) is 5.69 Å². The van der Waals surface area contributed by atoms with Crippen molar-refractivity contribution in [3.63, 3.8) is 0 Å². The predicted octanol–water partition coefficient (Wildman–Crippen LogP) is 3.71. The van der Waals surface area contributed by atoms with Gasteiger partial charge >= 0.3 is 0 Å². The molecule has 5 nitrogen and oxygen atoms in total. The Balaban J connectivity index is 1.42. The fraction of sp³-hybridized carbons (Fsp3) is 0.368. The standard InChI is InChI=1S/C19H23N3O2/c23-22(24)19-8-6-17(7-9-19)20-18-11-14-21(15-12-18)13-10-16-4-2-1-3-5-16/h1-9,18,20H,10-15H2. The molecule has 0 aromatic heterocycles. The second-order valence-electron chi connectivity index (χ2n) is 6.30. The van der Waals surface area contributed by atoms with Crippen LogP contribution in [0.3, 0.4) is 0 Å². The third-order valence-electron chi connectivity index (χ3n) is 4.60. The number of piperidine rings is 1. The molecule has 0 bridgehead atoms. The van der Waals surface area contributed by atoms with Crippen molar-refractivity contribution in [2.24, 2.45) is 0 Å². The average molecular weight is 325 g/mol. The van der Waals surface area contributed by atoms with Crippen LogP contribution in [0.1, 0.15) is 18.4 Å². The van der Waals surface area contributed by atoms with Crippen molar-refractivity contribution in [1.29, 1.82) is 0 Å². The van der Waals surface area contributed by atoms with E-state index in [-0.39, 0.29) is 10.6 Å². The number of nitro benzene ring substituents is 1. The molecule has 0 aliphatic carbocycles. The summed E-state index contributed by atoms with van der Waals surface area (Å²) in [6.45, 7) is 3.29. The van der Waals surface area contributed by atoms with Gasteiger partial charge in [-0.15, -0.1) is 0 Å². The number of hydrogen-bond donors (Lipinski definition) is 1. The molecule has 0 radical (unpaired) electrons. The van der Waals surface area contributed by atoms with Crippen LogP contribution in [0.25, 0.3) is 0 Å². The van der Waals surface area contributed by atoms with Gasteiger partial charge in [-0.2, -0.15) is 0 Å². The maximum atomic E-state index is 10.7. The molecule has 24 heavy (non-hydrogen) atoms. The van der Waals surface area contributed by atoms with Crippen LogP contribution in [0.15, 0.2) is 54.6 Å². The Morgan fingerprint density at radius 2 is 1.71 bits per heavy atom. The zero-order valence-electron chi connectivity index (χ0n) is 13.7. The zero-order valence-corrected chi connectivity index (χ0v) is 13.7. The fourth-order valence-corrected chi connectivity index (χ4v) is 3.15. The van der Waals surface area contributed by atoms with Gasteiger partial charge in [-0.3, -0.25) is 10.1 Å². The van der Waals surface area contributed by atoms with Gasteiger partial charge in [0.1, 0.15) is 0 Å². The quantitative estimate of drug-likeness (QED) is 0.650. The van der Waals surface area contributed by atoms with Crippen molar-refractivity contribution in [3.05, 3.63) is 70.3 Å². The second-order valence-corrected chi connectivity index (χ2v) is 6.30. The Hall–Kier alpha value is -2.40. The SMILES string of the molecule is O=[N+]([O-])c1ccc(NC2CCN(CCc3ccccc3)CC2)cc1. The van der Waals surface area contributed by atoms with Gasteiger partial charge in [0, 0.05) is 43.5 Å². The van der Waals surface area contributed by atoms with E-state index in [0.29, 0.717) is 6.04 Å². The summed E-state index contributed by atoms with van der Waals surface area (Å²) < 4.78 is 0. The number of benzene rings is 2. The van der Waals surface area contributed by atoms with E-state index in [9.17, 15) is 10.1 Å². The lowest BCUT2D eigenvalue weighted by Gasteiger charge is -2.32. The highest BCUT2D eigenvalue weighted by Crippen LogP contribution is 2.20. The second kappa shape index (κ2) is 7.93. The number of hydrogen-bond acceptors (Lipinski definition) is 4. The monoisotopic (exact) mass is 325 g/mol. The molecule has 0 atom stereocenters. The van der Waals surface area contributed by atoms with Crippen LogP contribution >= 0.6 is 0 Å². The smallest absolute Gasteiger partial charge is 0.269 e. The van der Waals surface area contributed by atoms with E-state index in [2.05, 4.69) is 40.5 Å². The molecule has 126 valence electrons. The molecule has 5 heteroatoms. The third kappa shape index (κ3) is 4.55. The largest absolute Gasteiger partial charge is 0.382 e. The molecule has 1 fully saturated rings. The summed E-state index contributed by atoms with van der Waals surface area (Å²) in [5.41, 5.74) is 2.49. The van der Waals surface area contributed by atoms with Crippen LogP contribution in [0.2, 0.25) is 0 Å². The molecule has 1 aliphatic heterocycles. The zero-order chi connectivity index (χ0) is 16.8. The Kier molecular flexibility index (Phi) is 5.43. The molecule has 1 heterocycles. The molecule has 3 rings (SSSR count). The first kappa shape index (κ1) is 16.5. The number of nitrogens with one attached hydrogen (secondary N) is 1. The van der Waals surface area contributed by atoms with E-state index in [1.54, 1.807) is 24.3 Å². The van der Waals surface area contributed by atoms with Crippen LogP contribution in [-0.4, -0.2) is 35.5 Å². The molecular weight excluding hydrogens is 302 g/mol. The van der Waals surface area contributed by atoms with E-state index >= 15 is 0 Å². The van der Waals surface area contributed by atoms with Crippen molar-refractivity contribution in [1.82, 2.24) is 4.90 Å². The fourth-order valence-electron chi connectivity index (χ4n) is 3.15. The summed E-state index contributed by atoms with van der Waals surface area (Å²) in [5, 5.41) is 14.2. The molecule has 0 unspecified atom stereocenters. The summed E-state index contributed by atoms with van der Waals surface area (Å²) in [5.74, 6) is 0. The minimum Gasteiger partial charge on any atom is -0.382 e.